The molecule has 19 heavy (non-hydrogen) atoms. The van der Waals surface area contributed by atoms with Gasteiger partial charge in [0, 0.05) is 11.1 Å². The van der Waals surface area contributed by atoms with Gasteiger partial charge >= 0.3 is 0 Å². The summed E-state index contributed by atoms with van der Waals surface area (Å²) in [4.78, 5) is 11.6. The fraction of sp³-hybridized carbons (Fsp3) is 0.133. The second-order valence-electron chi connectivity index (χ2n) is 4.35. The van der Waals surface area contributed by atoms with Crippen molar-refractivity contribution in [3.05, 3.63) is 65.8 Å². The highest BCUT2D eigenvalue weighted by Gasteiger charge is 2.28. The van der Waals surface area contributed by atoms with E-state index in [0.717, 1.165) is 6.08 Å². The van der Waals surface area contributed by atoms with E-state index in [-0.39, 0.29) is 18.0 Å². The maximum absolute atomic E-state index is 11.6. The number of Topliss-reactive ketones (excluding diaryl/α,β-unsaturated/α-hetero) is 1. The molecule has 0 saturated carbocycles. The zero-order valence-corrected chi connectivity index (χ0v) is 10.2. The van der Waals surface area contributed by atoms with Crippen LogP contribution in [-0.4, -0.2) is 26.9 Å². The van der Waals surface area contributed by atoms with E-state index in [1.165, 1.54) is 18.2 Å². The molecule has 0 bridgehead atoms. The second-order valence-corrected chi connectivity index (χ2v) is 4.35. The lowest BCUT2D eigenvalue weighted by molar-refractivity contribution is -0.144. The topological polar surface area (TPSA) is 77.8 Å². The van der Waals surface area contributed by atoms with E-state index in [4.69, 9.17) is 0 Å². The van der Waals surface area contributed by atoms with E-state index >= 15 is 0 Å². The van der Waals surface area contributed by atoms with Gasteiger partial charge in [-0.25, -0.2) is 0 Å². The Labute approximate surface area is 110 Å². The Kier molecular flexibility index (Phi) is 3.64. The number of benzene rings is 1. The van der Waals surface area contributed by atoms with Crippen LogP contribution in [0.1, 0.15) is 12.0 Å². The molecular weight excluding hydrogens is 244 g/mol. The van der Waals surface area contributed by atoms with E-state index in [2.05, 4.69) is 0 Å². The molecule has 1 aromatic carbocycles. The van der Waals surface area contributed by atoms with E-state index < -0.39 is 5.79 Å². The summed E-state index contributed by atoms with van der Waals surface area (Å²) in [5.41, 5.74) is 0.964. The van der Waals surface area contributed by atoms with Crippen molar-refractivity contribution >= 4 is 11.5 Å². The number of hydrogen-bond donors (Lipinski definition) is 3. The van der Waals surface area contributed by atoms with Crippen LogP contribution in [0.25, 0.3) is 5.76 Å². The van der Waals surface area contributed by atoms with Gasteiger partial charge in [-0.05, 0) is 18.2 Å². The Hall–Kier alpha value is -2.17. The van der Waals surface area contributed by atoms with Gasteiger partial charge in [0.25, 0.3) is 0 Å². The molecule has 3 N–H and O–H groups in total. The molecule has 98 valence electrons. The van der Waals surface area contributed by atoms with E-state index in [0.29, 0.717) is 11.1 Å². The summed E-state index contributed by atoms with van der Waals surface area (Å²) >= 11 is 0. The first kappa shape index (κ1) is 13.3. The first-order valence-corrected chi connectivity index (χ1v) is 5.81. The number of rotatable bonds is 2. The highest BCUT2D eigenvalue weighted by atomic mass is 16.5. The monoisotopic (exact) mass is 258 g/mol. The molecule has 1 aromatic rings. The van der Waals surface area contributed by atoms with Crippen molar-refractivity contribution in [1.29, 1.82) is 0 Å². The number of ketones is 1. The van der Waals surface area contributed by atoms with E-state index in [9.17, 15) is 20.1 Å². The number of aliphatic hydroxyl groups is 3. The third kappa shape index (κ3) is 3.40. The van der Waals surface area contributed by atoms with Gasteiger partial charge in [-0.15, -0.1) is 0 Å². The Bertz CT molecular complexity index is 565. The molecule has 1 aliphatic rings. The summed E-state index contributed by atoms with van der Waals surface area (Å²) in [6.07, 6.45) is 4.97. The minimum absolute atomic E-state index is 0.0409. The normalized spacial score (nSPS) is 20.8. The van der Waals surface area contributed by atoms with Crippen LogP contribution >= 0.6 is 0 Å². The molecule has 0 amide bonds. The summed E-state index contributed by atoms with van der Waals surface area (Å²) in [6, 6.07) is 8.92. The van der Waals surface area contributed by atoms with Crippen LogP contribution in [-0.2, 0) is 4.79 Å². The first-order valence-electron chi connectivity index (χ1n) is 5.81. The van der Waals surface area contributed by atoms with Crippen LogP contribution in [0.3, 0.4) is 0 Å². The molecule has 1 aliphatic carbocycles. The third-order valence-corrected chi connectivity index (χ3v) is 2.76. The number of carbonyl (C=O) groups excluding carboxylic acids is 1. The zero-order chi connectivity index (χ0) is 13.9. The lowest BCUT2D eigenvalue weighted by Crippen LogP contribution is -2.32. The smallest absolute Gasteiger partial charge is 0.190 e. The van der Waals surface area contributed by atoms with Gasteiger partial charge < -0.3 is 15.3 Å². The van der Waals surface area contributed by atoms with Gasteiger partial charge in [0.05, 0.1) is 6.42 Å². The van der Waals surface area contributed by atoms with Crippen molar-refractivity contribution in [3.63, 3.8) is 0 Å². The average Bonchev–Trinajstić information content (AvgIpc) is 2.37. The number of carbonyl (C=O) groups is 1. The van der Waals surface area contributed by atoms with Crippen LogP contribution in [0.2, 0.25) is 0 Å². The molecule has 0 atom stereocenters. The standard InChI is InChI=1S/C15H14O4/c16-13(11-4-2-1-3-5-11)7-6-12-8-9-15(18,19)10-14(12)17/h1-9,16,18-19H,10H2. The largest absolute Gasteiger partial charge is 0.507 e. The van der Waals surface area contributed by atoms with Crippen molar-refractivity contribution < 1.29 is 20.1 Å². The van der Waals surface area contributed by atoms with Crippen molar-refractivity contribution in [2.24, 2.45) is 0 Å². The minimum Gasteiger partial charge on any atom is -0.507 e. The predicted molar refractivity (Wildman–Crippen MR) is 71.1 cm³/mol. The first-order chi connectivity index (χ1) is 8.98. The van der Waals surface area contributed by atoms with E-state index in [1.54, 1.807) is 24.3 Å². The highest BCUT2D eigenvalue weighted by Crippen LogP contribution is 2.20. The average molecular weight is 258 g/mol. The van der Waals surface area contributed by atoms with Crippen LogP contribution in [0.15, 0.2) is 60.2 Å². The van der Waals surface area contributed by atoms with Crippen LogP contribution in [0.4, 0.5) is 0 Å². The van der Waals surface area contributed by atoms with Gasteiger partial charge in [-0.2, -0.15) is 0 Å². The van der Waals surface area contributed by atoms with Gasteiger partial charge in [0.2, 0.25) is 0 Å². The molecule has 2 rings (SSSR count). The van der Waals surface area contributed by atoms with Crippen molar-refractivity contribution in [1.82, 2.24) is 0 Å². The highest BCUT2D eigenvalue weighted by molar-refractivity contribution is 6.00. The predicted octanol–water partition coefficient (Wildman–Crippen LogP) is 1.72. The van der Waals surface area contributed by atoms with Gasteiger partial charge in [-0.3, -0.25) is 4.79 Å². The van der Waals surface area contributed by atoms with Crippen LogP contribution < -0.4 is 0 Å². The van der Waals surface area contributed by atoms with Crippen LogP contribution in [0.5, 0.6) is 0 Å². The molecule has 4 nitrogen and oxygen atoms in total. The number of aliphatic hydroxyl groups excluding tert-OH is 1. The Morgan fingerprint density at radius 1 is 1.21 bits per heavy atom. The molecule has 0 aliphatic heterocycles. The molecule has 0 unspecified atom stereocenters. The molecule has 0 heterocycles. The van der Waals surface area contributed by atoms with Gasteiger partial charge in [0.1, 0.15) is 5.76 Å². The molecule has 4 heteroatoms. The maximum Gasteiger partial charge on any atom is 0.190 e. The quantitative estimate of drug-likeness (QED) is 0.429. The minimum atomic E-state index is -2.07. The van der Waals surface area contributed by atoms with E-state index in [1.807, 2.05) is 6.07 Å². The number of allylic oxidation sites excluding steroid dienone is 4. The lowest BCUT2D eigenvalue weighted by atomic mass is 9.95. The summed E-state index contributed by atoms with van der Waals surface area (Å²) in [7, 11) is 0. The Morgan fingerprint density at radius 3 is 2.53 bits per heavy atom. The summed E-state index contributed by atoms with van der Waals surface area (Å²) in [5.74, 6) is -2.41. The second kappa shape index (κ2) is 5.22. The van der Waals surface area contributed by atoms with Crippen molar-refractivity contribution in [3.8, 4) is 0 Å². The molecule has 0 fully saturated rings. The van der Waals surface area contributed by atoms with Crippen LogP contribution in [0, 0.1) is 0 Å². The fourth-order valence-corrected chi connectivity index (χ4v) is 1.74. The number of hydrogen-bond acceptors (Lipinski definition) is 4. The lowest BCUT2D eigenvalue weighted by Gasteiger charge is -2.20. The molecule has 0 spiro atoms. The summed E-state index contributed by atoms with van der Waals surface area (Å²) in [6.45, 7) is 0. The third-order valence-electron chi connectivity index (χ3n) is 2.76. The summed E-state index contributed by atoms with van der Waals surface area (Å²) in [5, 5.41) is 28.4. The molecule has 0 saturated heterocycles. The van der Waals surface area contributed by atoms with Crippen molar-refractivity contribution in [2.75, 3.05) is 0 Å². The van der Waals surface area contributed by atoms with Gasteiger partial charge in [0.15, 0.2) is 11.6 Å². The molecular formula is C15H14O4. The maximum atomic E-state index is 11.6. The zero-order valence-electron chi connectivity index (χ0n) is 10.2. The SMILES string of the molecule is O=C1CC(O)(O)C=CC1=CC=C(O)c1ccccc1. The Balaban J connectivity index is 2.22. The molecule has 0 radical (unpaired) electrons. The Morgan fingerprint density at radius 2 is 1.89 bits per heavy atom. The van der Waals surface area contributed by atoms with Crippen molar-refractivity contribution in [2.45, 2.75) is 12.2 Å². The van der Waals surface area contributed by atoms with Gasteiger partial charge in [-0.1, -0.05) is 36.4 Å². The summed E-state index contributed by atoms with van der Waals surface area (Å²) < 4.78 is 0. The fourth-order valence-electron chi connectivity index (χ4n) is 1.74. The molecule has 0 aromatic heterocycles.